The maximum Gasteiger partial charge on any atom is 0.331 e. The van der Waals surface area contributed by atoms with E-state index >= 15 is 0 Å². The molecule has 17 atom stereocenters. The fourth-order valence-electron chi connectivity index (χ4n) is 11.7. The van der Waals surface area contributed by atoms with Crippen molar-refractivity contribution in [2.45, 2.75) is 145 Å². The van der Waals surface area contributed by atoms with Gasteiger partial charge in [-0.15, -0.1) is 0 Å². The van der Waals surface area contributed by atoms with Crippen LogP contribution < -0.4 is 0 Å². The number of aliphatic hydroxyl groups excluding tert-OH is 5. The van der Waals surface area contributed by atoms with Crippen LogP contribution in [0, 0.1) is 34.5 Å². The van der Waals surface area contributed by atoms with Crippen LogP contribution >= 0.6 is 0 Å². The van der Waals surface area contributed by atoms with Crippen LogP contribution in [0.4, 0.5) is 0 Å². The van der Waals surface area contributed by atoms with E-state index in [-0.39, 0.29) is 53.2 Å². The van der Waals surface area contributed by atoms with Crippen molar-refractivity contribution in [3.8, 4) is 0 Å². The molecule has 0 aromatic carbocycles. The molecular weight excluding hydrogens is 640 g/mol. The smallest absolute Gasteiger partial charge is 0.331 e. The van der Waals surface area contributed by atoms with Crippen LogP contribution in [0.15, 0.2) is 11.6 Å². The fraction of sp³-hybridized carbons (Fsp3) is 0.917. The number of esters is 1. The molecule has 7 rings (SSSR count). The van der Waals surface area contributed by atoms with E-state index in [0.29, 0.717) is 19.4 Å². The number of fused-ring (bicyclic) bond motifs is 5. The second-order valence-electron chi connectivity index (χ2n) is 16.3. The number of ether oxygens (including phenoxy) is 6. The molecule has 6 N–H and O–H groups in total. The van der Waals surface area contributed by atoms with Crippen LogP contribution in [-0.4, -0.2) is 131 Å². The Hall–Kier alpha value is -1.23. The van der Waals surface area contributed by atoms with Gasteiger partial charge >= 0.3 is 5.97 Å². The molecule has 49 heavy (non-hydrogen) atoms. The summed E-state index contributed by atoms with van der Waals surface area (Å²) < 4.78 is 35.5. The highest BCUT2D eigenvalue weighted by molar-refractivity contribution is 5.85. The molecule has 1 unspecified atom stereocenters. The number of aliphatic hydroxyl groups is 6. The van der Waals surface area contributed by atoms with Crippen molar-refractivity contribution >= 4 is 5.97 Å². The lowest BCUT2D eigenvalue weighted by molar-refractivity contribution is -0.345. The molecule has 13 nitrogen and oxygen atoms in total. The number of hydrogen-bond acceptors (Lipinski definition) is 13. The maximum atomic E-state index is 12.5. The molecule has 0 radical (unpaired) electrons. The van der Waals surface area contributed by atoms with Gasteiger partial charge in [-0.25, -0.2) is 4.79 Å². The van der Waals surface area contributed by atoms with Gasteiger partial charge in [0.25, 0.3) is 0 Å². The normalized spacial score (nSPS) is 52.9. The minimum Gasteiger partial charge on any atom is -0.458 e. The minimum absolute atomic E-state index is 0.0708. The second kappa shape index (κ2) is 13.6. The van der Waals surface area contributed by atoms with E-state index in [0.717, 1.165) is 56.9 Å². The molecule has 0 spiro atoms. The van der Waals surface area contributed by atoms with Crippen LogP contribution in [0.25, 0.3) is 0 Å². The van der Waals surface area contributed by atoms with Gasteiger partial charge in [-0.05, 0) is 99.4 Å². The van der Waals surface area contributed by atoms with Crippen LogP contribution in [0.3, 0.4) is 0 Å². The van der Waals surface area contributed by atoms with Crippen molar-refractivity contribution in [3.63, 3.8) is 0 Å². The highest BCUT2D eigenvalue weighted by Crippen LogP contribution is 2.70. The van der Waals surface area contributed by atoms with E-state index in [1.165, 1.54) is 0 Å². The van der Waals surface area contributed by atoms with Gasteiger partial charge in [-0.3, -0.25) is 0 Å². The topological polar surface area (TPSA) is 194 Å². The third kappa shape index (κ3) is 5.83. The number of rotatable bonds is 8. The third-order valence-electron chi connectivity index (χ3n) is 14.3. The quantitative estimate of drug-likeness (QED) is 0.155. The third-order valence-corrected chi connectivity index (χ3v) is 14.3. The first-order valence-electron chi connectivity index (χ1n) is 18.4. The van der Waals surface area contributed by atoms with Crippen LogP contribution in [-0.2, 0) is 33.2 Å². The Morgan fingerprint density at radius 3 is 2.41 bits per heavy atom. The van der Waals surface area contributed by atoms with Crippen LogP contribution in [0.2, 0.25) is 0 Å². The second-order valence-corrected chi connectivity index (χ2v) is 16.3. The Bertz CT molecular complexity index is 1250. The summed E-state index contributed by atoms with van der Waals surface area (Å²) >= 11 is 0. The molecule has 4 aliphatic carbocycles. The van der Waals surface area contributed by atoms with Crippen molar-refractivity contribution in [3.05, 3.63) is 11.6 Å². The van der Waals surface area contributed by atoms with E-state index in [9.17, 15) is 35.4 Å². The van der Waals surface area contributed by atoms with Crippen molar-refractivity contribution in [1.82, 2.24) is 0 Å². The number of carbonyl (C=O) groups excluding carboxylic acids is 1. The van der Waals surface area contributed by atoms with Gasteiger partial charge in [0.2, 0.25) is 0 Å². The molecule has 3 aliphatic heterocycles. The zero-order valence-corrected chi connectivity index (χ0v) is 28.9. The molecule has 0 aromatic rings. The van der Waals surface area contributed by atoms with Gasteiger partial charge in [0.15, 0.2) is 12.6 Å². The van der Waals surface area contributed by atoms with E-state index in [1.807, 2.05) is 6.92 Å². The van der Waals surface area contributed by atoms with Gasteiger partial charge in [-0.2, -0.15) is 0 Å². The first-order chi connectivity index (χ1) is 23.4. The summed E-state index contributed by atoms with van der Waals surface area (Å²) in [6, 6.07) is 0. The molecule has 6 fully saturated rings. The zero-order chi connectivity index (χ0) is 34.9. The van der Waals surface area contributed by atoms with Crippen molar-refractivity contribution in [2.24, 2.45) is 34.5 Å². The lowest BCUT2D eigenvalue weighted by atomic mass is 9.43. The molecule has 4 saturated carbocycles. The van der Waals surface area contributed by atoms with Gasteiger partial charge < -0.3 is 59.1 Å². The van der Waals surface area contributed by atoms with Crippen molar-refractivity contribution in [1.29, 1.82) is 0 Å². The molecule has 13 heteroatoms. The summed E-state index contributed by atoms with van der Waals surface area (Å²) in [7, 11) is 1.56. The van der Waals surface area contributed by atoms with Gasteiger partial charge in [0, 0.05) is 31.6 Å². The first kappa shape index (κ1) is 36.1. The predicted octanol–water partition coefficient (Wildman–Crippen LogP) is 0.936. The Kier molecular flexibility index (Phi) is 10.1. The molecule has 278 valence electrons. The number of hydrogen-bond donors (Lipinski definition) is 6. The SMILES string of the molecule is CO[C@H]1C[C@H](O[C@H]2CC[C@@]3(CO)C(CC[C@@H]4[C@@H]3CC[C@]3(C)[C@@H](C5=CC(=O)OC5)CC[C@]43O)C2)O[C@H](C)[C@H]1O[C@@H]1O[C@H](CO)[C@@H](O)[C@H](O)[C@H]1O. The van der Waals surface area contributed by atoms with Crippen LogP contribution in [0.1, 0.15) is 78.1 Å². The summed E-state index contributed by atoms with van der Waals surface area (Å²) in [6.45, 7) is 3.90. The monoisotopic (exact) mass is 696 g/mol. The highest BCUT2D eigenvalue weighted by atomic mass is 16.7. The first-order valence-corrected chi connectivity index (χ1v) is 18.4. The van der Waals surface area contributed by atoms with E-state index in [2.05, 4.69) is 6.92 Å². The number of cyclic esters (lactones) is 1. The highest BCUT2D eigenvalue weighted by Gasteiger charge is 2.68. The zero-order valence-electron chi connectivity index (χ0n) is 28.9. The van der Waals surface area contributed by atoms with E-state index in [1.54, 1.807) is 13.2 Å². The molecule has 2 saturated heterocycles. The summed E-state index contributed by atoms with van der Waals surface area (Å²) in [6.07, 6.45) is 0.280. The number of carbonyl (C=O) groups is 1. The van der Waals surface area contributed by atoms with E-state index < -0.39 is 67.5 Å². The predicted molar refractivity (Wildman–Crippen MR) is 170 cm³/mol. The average molecular weight is 697 g/mol. The minimum atomic E-state index is -1.55. The largest absolute Gasteiger partial charge is 0.458 e. The number of methoxy groups -OCH3 is 1. The molecule has 3 heterocycles. The summed E-state index contributed by atoms with van der Waals surface area (Å²) in [5.74, 6) is 0.420. The van der Waals surface area contributed by atoms with Crippen molar-refractivity contribution in [2.75, 3.05) is 26.9 Å². The molecule has 0 amide bonds. The summed E-state index contributed by atoms with van der Waals surface area (Å²) in [5, 5.41) is 64.1. The Labute approximate surface area is 287 Å². The lowest BCUT2D eigenvalue weighted by Crippen LogP contribution is -2.64. The Balaban J connectivity index is 0.988. The van der Waals surface area contributed by atoms with E-state index in [4.69, 9.17) is 28.4 Å². The Morgan fingerprint density at radius 1 is 0.918 bits per heavy atom. The van der Waals surface area contributed by atoms with Gasteiger partial charge in [0.1, 0.15) is 37.1 Å². The Morgan fingerprint density at radius 2 is 1.71 bits per heavy atom. The molecule has 0 bridgehead atoms. The lowest BCUT2D eigenvalue weighted by Gasteiger charge is -2.64. The molecular formula is C36H56O13. The molecule has 0 aromatic heterocycles. The van der Waals surface area contributed by atoms with Gasteiger partial charge in [-0.1, -0.05) is 6.92 Å². The summed E-state index contributed by atoms with van der Waals surface area (Å²) in [4.78, 5) is 11.9. The van der Waals surface area contributed by atoms with Crippen LogP contribution in [0.5, 0.6) is 0 Å². The molecule has 7 aliphatic rings. The fourth-order valence-corrected chi connectivity index (χ4v) is 11.7. The maximum absolute atomic E-state index is 12.5. The van der Waals surface area contributed by atoms with Crippen molar-refractivity contribution < 1.29 is 63.9 Å². The standard InChI is InChI=1S/C36H56O13/c1-18-32(49-33-31(42)30(41)29(40)26(15-37)48-33)25(44-3)14-28(46-18)47-21-6-10-35(17-38)20(13-21)4-5-24-23(35)7-9-34(2)22(8-11-36(24,34)43)19-12-27(39)45-16-19/h12,18,20-26,28-33,37-38,40-43H,4-11,13-17H2,1-3H3/t18-,20?,21+,22-,23+,24-,25+,26-,28+,29-,30+,31-,32-,33+,34-,35-,36+/m1/s1. The average Bonchev–Trinajstić information content (AvgIpc) is 3.64. The van der Waals surface area contributed by atoms with Gasteiger partial charge in [0.05, 0.1) is 30.5 Å². The summed E-state index contributed by atoms with van der Waals surface area (Å²) in [5.41, 5.74) is -0.422.